The average molecular weight is 341 g/mol. The largest absolute Gasteiger partial charge is 0.458 e. The van der Waals surface area contributed by atoms with Crippen molar-refractivity contribution >= 4 is 21.9 Å². The first-order valence-electron chi connectivity index (χ1n) is 7.32. The SMILES string of the molecule is C[NH+](C)C[C@@H]1CCCC[C@H]1OC(=O)c1ccccc1Br. The molecule has 0 amide bonds. The lowest BCUT2D eigenvalue weighted by molar-refractivity contribution is -0.862. The van der Waals surface area contributed by atoms with Crippen LogP contribution in [-0.2, 0) is 4.74 Å². The number of esters is 1. The zero-order chi connectivity index (χ0) is 14.5. The van der Waals surface area contributed by atoms with Crippen molar-refractivity contribution in [3.63, 3.8) is 0 Å². The maximum Gasteiger partial charge on any atom is 0.339 e. The number of carbonyl (C=O) groups excluding carboxylic acids is 1. The lowest BCUT2D eigenvalue weighted by atomic mass is 9.86. The van der Waals surface area contributed by atoms with Crippen LogP contribution in [0.3, 0.4) is 0 Å². The Bertz CT molecular complexity index is 462. The van der Waals surface area contributed by atoms with E-state index in [1.807, 2.05) is 18.2 Å². The number of hydrogen-bond acceptors (Lipinski definition) is 2. The molecular weight excluding hydrogens is 318 g/mol. The molecule has 0 bridgehead atoms. The van der Waals surface area contributed by atoms with Gasteiger partial charge in [0.1, 0.15) is 6.10 Å². The molecular formula is C16H23BrNO2+. The molecule has 0 unspecified atom stereocenters. The molecule has 0 aromatic heterocycles. The summed E-state index contributed by atoms with van der Waals surface area (Å²) in [7, 11) is 4.31. The van der Waals surface area contributed by atoms with Crippen molar-refractivity contribution in [3.8, 4) is 0 Å². The molecule has 0 radical (unpaired) electrons. The van der Waals surface area contributed by atoms with Crippen molar-refractivity contribution in [1.82, 2.24) is 0 Å². The van der Waals surface area contributed by atoms with Gasteiger partial charge in [0.25, 0.3) is 0 Å². The van der Waals surface area contributed by atoms with Crippen molar-refractivity contribution < 1.29 is 14.4 Å². The molecule has 0 aliphatic heterocycles. The third-order valence-electron chi connectivity index (χ3n) is 3.86. The predicted octanol–water partition coefficient (Wildman–Crippen LogP) is 2.31. The summed E-state index contributed by atoms with van der Waals surface area (Å²) in [6, 6.07) is 7.45. The van der Waals surface area contributed by atoms with Gasteiger partial charge in [0.05, 0.1) is 26.2 Å². The van der Waals surface area contributed by atoms with Crippen LogP contribution in [0.5, 0.6) is 0 Å². The highest BCUT2D eigenvalue weighted by Crippen LogP contribution is 2.27. The van der Waals surface area contributed by atoms with E-state index in [9.17, 15) is 4.79 Å². The first-order chi connectivity index (χ1) is 9.58. The van der Waals surface area contributed by atoms with Gasteiger partial charge < -0.3 is 9.64 Å². The zero-order valence-corrected chi connectivity index (χ0v) is 13.8. The lowest BCUT2D eigenvalue weighted by Gasteiger charge is -2.31. The van der Waals surface area contributed by atoms with Gasteiger partial charge >= 0.3 is 5.97 Å². The molecule has 1 aliphatic rings. The molecule has 3 nitrogen and oxygen atoms in total. The number of ether oxygens (including phenoxy) is 1. The fourth-order valence-electron chi connectivity index (χ4n) is 2.91. The third kappa shape index (κ3) is 4.06. The quantitative estimate of drug-likeness (QED) is 0.852. The van der Waals surface area contributed by atoms with Crippen LogP contribution in [0.2, 0.25) is 0 Å². The maximum absolute atomic E-state index is 12.3. The Balaban J connectivity index is 2.03. The van der Waals surface area contributed by atoms with E-state index in [0.717, 1.165) is 23.9 Å². The number of quaternary nitrogens is 1. The molecule has 1 fully saturated rings. The maximum atomic E-state index is 12.3. The summed E-state index contributed by atoms with van der Waals surface area (Å²) in [6.45, 7) is 1.06. The second-order valence-electron chi connectivity index (χ2n) is 5.88. The fraction of sp³-hybridized carbons (Fsp3) is 0.562. The highest BCUT2D eigenvalue weighted by atomic mass is 79.9. The molecule has 1 aromatic rings. The lowest BCUT2D eigenvalue weighted by Crippen LogP contribution is -3.06. The van der Waals surface area contributed by atoms with Crippen LogP contribution in [0.1, 0.15) is 36.0 Å². The third-order valence-corrected chi connectivity index (χ3v) is 4.55. The Morgan fingerprint density at radius 1 is 1.30 bits per heavy atom. The Labute approximate surface area is 129 Å². The van der Waals surface area contributed by atoms with E-state index in [4.69, 9.17) is 4.74 Å². The topological polar surface area (TPSA) is 30.7 Å². The second-order valence-corrected chi connectivity index (χ2v) is 6.73. The van der Waals surface area contributed by atoms with E-state index in [1.165, 1.54) is 17.7 Å². The van der Waals surface area contributed by atoms with Gasteiger partial charge in [-0.2, -0.15) is 0 Å². The van der Waals surface area contributed by atoms with Crippen LogP contribution in [0.4, 0.5) is 0 Å². The van der Waals surface area contributed by atoms with Gasteiger partial charge in [0.2, 0.25) is 0 Å². The van der Waals surface area contributed by atoms with Crippen molar-refractivity contribution in [3.05, 3.63) is 34.3 Å². The first kappa shape index (κ1) is 15.5. The second kappa shape index (κ2) is 7.23. The molecule has 0 heterocycles. The standard InChI is InChI=1S/C16H22BrNO2/c1-18(2)11-12-7-3-6-10-15(12)20-16(19)13-8-4-5-9-14(13)17/h4-5,8-9,12,15H,3,6-7,10-11H2,1-2H3/p+1/t12-,15+/m0/s1. The molecule has 1 N–H and O–H groups in total. The van der Waals surface area contributed by atoms with Crippen LogP contribution in [0.25, 0.3) is 0 Å². The Kier molecular flexibility index (Phi) is 5.61. The van der Waals surface area contributed by atoms with Crippen LogP contribution in [0.15, 0.2) is 28.7 Å². The summed E-state index contributed by atoms with van der Waals surface area (Å²) in [4.78, 5) is 13.7. The number of benzene rings is 1. The molecule has 0 spiro atoms. The summed E-state index contributed by atoms with van der Waals surface area (Å²) in [5.41, 5.74) is 0.619. The van der Waals surface area contributed by atoms with Crippen molar-refractivity contribution in [1.29, 1.82) is 0 Å². The summed E-state index contributed by atoms with van der Waals surface area (Å²) >= 11 is 3.41. The zero-order valence-electron chi connectivity index (χ0n) is 12.2. The van der Waals surface area contributed by atoms with Gasteiger partial charge in [-0.15, -0.1) is 0 Å². The molecule has 0 saturated heterocycles. The van der Waals surface area contributed by atoms with Crippen LogP contribution in [-0.4, -0.2) is 32.7 Å². The number of rotatable bonds is 4. The Hall–Kier alpha value is -0.870. The van der Waals surface area contributed by atoms with E-state index in [2.05, 4.69) is 30.0 Å². The number of nitrogens with one attached hydrogen (secondary N) is 1. The number of hydrogen-bond donors (Lipinski definition) is 1. The van der Waals surface area contributed by atoms with Crippen molar-refractivity contribution in [2.24, 2.45) is 5.92 Å². The average Bonchev–Trinajstić information content (AvgIpc) is 2.41. The monoisotopic (exact) mass is 340 g/mol. The Morgan fingerprint density at radius 3 is 2.70 bits per heavy atom. The smallest absolute Gasteiger partial charge is 0.339 e. The predicted molar refractivity (Wildman–Crippen MR) is 83.0 cm³/mol. The molecule has 1 saturated carbocycles. The van der Waals surface area contributed by atoms with E-state index in [1.54, 1.807) is 6.07 Å². The highest BCUT2D eigenvalue weighted by Gasteiger charge is 2.30. The Morgan fingerprint density at radius 2 is 2.00 bits per heavy atom. The summed E-state index contributed by atoms with van der Waals surface area (Å²) < 4.78 is 6.59. The minimum absolute atomic E-state index is 0.0678. The molecule has 2 rings (SSSR count). The number of carbonyl (C=O) groups is 1. The summed E-state index contributed by atoms with van der Waals surface area (Å²) in [6.07, 6.45) is 4.64. The first-order valence-corrected chi connectivity index (χ1v) is 8.11. The molecule has 20 heavy (non-hydrogen) atoms. The minimum Gasteiger partial charge on any atom is -0.458 e. The van der Waals surface area contributed by atoms with Gasteiger partial charge in [-0.25, -0.2) is 4.79 Å². The van der Waals surface area contributed by atoms with E-state index < -0.39 is 0 Å². The van der Waals surface area contributed by atoms with Crippen LogP contribution >= 0.6 is 15.9 Å². The van der Waals surface area contributed by atoms with E-state index in [-0.39, 0.29) is 12.1 Å². The van der Waals surface area contributed by atoms with Crippen molar-refractivity contribution in [2.45, 2.75) is 31.8 Å². The molecule has 4 heteroatoms. The van der Waals surface area contributed by atoms with Crippen LogP contribution < -0.4 is 4.90 Å². The molecule has 2 atom stereocenters. The summed E-state index contributed by atoms with van der Waals surface area (Å²) in [5.74, 6) is 0.281. The highest BCUT2D eigenvalue weighted by molar-refractivity contribution is 9.10. The van der Waals surface area contributed by atoms with Gasteiger partial charge in [-0.1, -0.05) is 18.6 Å². The van der Waals surface area contributed by atoms with Gasteiger partial charge in [-0.05, 0) is 47.3 Å². The molecule has 1 aliphatic carbocycles. The molecule has 110 valence electrons. The van der Waals surface area contributed by atoms with E-state index in [0.29, 0.717) is 11.5 Å². The van der Waals surface area contributed by atoms with E-state index >= 15 is 0 Å². The normalized spacial score (nSPS) is 22.8. The van der Waals surface area contributed by atoms with Gasteiger partial charge in [-0.3, -0.25) is 0 Å². The molecule has 1 aromatic carbocycles. The van der Waals surface area contributed by atoms with Gasteiger partial charge in [0.15, 0.2) is 0 Å². The van der Waals surface area contributed by atoms with Gasteiger partial charge in [0, 0.05) is 10.4 Å². The van der Waals surface area contributed by atoms with Crippen LogP contribution in [0, 0.1) is 5.92 Å². The fourth-order valence-corrected chi connectivity index (χ4v) is 3.36. The summed E-state index contributed by atoms with van der Waals surface area (Å²) in [5, 5.41) is 0. The number of halogens is 1. The minimum atomic E-state index is -0.205. The van der Waals surface area contributed by atoms with Crippen molar-refractivity contribution in [2.75, 3.05) is 20.6 Å².